The van der Waals surface area contributed by atoms with E-state index >= 15 is 0 Å². The summed E-state index contributed by atoms with van der Waals surface area (Å²) in [5, 5.41) is 2.46. The van der Waals surface area contributed by atoms with Gasteiger partial charge in [-0.15, -0.1) is 0 Å². The minimum atomic E-state index is -4.02. The number of hydrogen-bond acceptors (Lipinski definition) is 5. The first-order chi connectivity index (χ1) is 13.1. The molecule has 2 aromatic carbocycles. The monoisotopic (exact) mass is 412 g/mol. The van der Waals surface area contributed by atoms with Gasteiger partial charge in [0.2, 0.25) is 15.9 Å². The highest BCUT2D eigenvalue weighted by atomic mass is 32.2. The van der Waals surface area contributed by atoms with Crippen LogP contribution in [0, 0.1) is 11.6 Å². The number of nitrogens with one attached hydrogen (secondary N) is 1. The van der Waals surface area contributed by atoms with Crippen LogP contribution in [-0.2, 0) is 19.6 Å². The summed E-state index contributed by atoms with van der Waals surface area (Å²) in [7, 11) is -2.84. The number of rotatable bonds is 6. The number of carbonyl (C=O) groups is 2. The zero-order valence-electron chi connectivity index (χ0n) is 15.3. The molecule has 2 aromatic rings. The highest BCUT2D eigenvalue weighted by molar-refractivity contribution is 7.92. The van der Waals surface area contributed by atoms with Gasteiger partial charge in [0, 0.05) is 6.07 Å². The zero-order valence-corrected chi connectivity index (χ0v) is 16.1. The molecule has 0 aliphatic carbocycles. The van der Waals surface area contributed by atoms with Crippen LogP contribution in [0.4, 0.5) is 20.2 Å². The van der Waals surface area contributed by atoms with E-state index in [0.29, 0.717) is 10.4 Å². The molecular weight excluding hydrogens is 394 g/mol. The maximum absolute atomic E-state index is 13.6. The Hall–Kier alpha value is -3.01. The molecule has 7 nitrogen and oxygen atoms in total. The molecule has 0 unspecified atom stereocenters. The van der Waals surface area contributed by atoms with Gasteiger partial charge in [-0.05, 0) is 31.2 Å². The van der Waals surface area contributed by atoms with E-state index in [-0.39, 0.29) is 16.9 Å². The largest absolute Gasteiger partial charge is 0.465 e. The number of carbonyl (C=O) groups excluding carboxylic acids is 2. The highest BCUT2D eigenvalue weighted by Gasteiger charge is 2.30. The van der Waals surface area contributed by atoms with Crippen molar-refractivity contribution in [3.63, 3.8) is 0 Å². The number of halogens is 2. The molecule has 0 radical (unpaired) electrons. The summed E-state index contributed by atoms with van der Waals surface area (Å²) < 4.78 is 56.5. The van der Waals surface area contributed by atoms with E-state index in [1.807, 2.05) is 0 Å². The number of benzene rings is 2. The number of ether oxygens (including phenoxy) is 1. The van der Waals surface area contributed by atoms with Crippen LogP contribution < -0.4 is 9.62 Å². The minimum Gasteiger partial charge on any atom is -0.465 e. The Morgan fingerprint density at radius 2 is 1.75 bits per heavy atom. The van der Waals surface area contributed by atoms with Gasteiger partial charge in [0.15, 0.2) is 11.6 Å². The van der Waals surface area contributed by atoms with Crippen molar-refractivity contribution >= 4 is 33.3 Å². The van der Waals surface area contributed by atoms with Crippen molar-refractivity contribution in [3.05, 3.63) is 59.7 Å². The van der Waals surface area contributed by atoms with Gasteiger partial charge in [-0.1, -0.05) is 12.1 Å². The number of sulfonamides is 1. The summed E-state index contributed by atoms with van der Waals surface area (Å²) in [6.45, 7) is 1.28. The van der Waals surface area contributed by atoms with Crippen LogP contribution in [0.15, 0.2) is 42.5 Å². The van der Waals surface area contributed by atoms with E-state index in [1.165, 1.54) is 26.2 Å². The molecule has 1 atom stereocenters. The van der Waals surface area contributed by atoms with E-state index in [9.17, 15) is 26.8 Å². The third-order valence-electron chi connectivity index (χ3n) is 3.84. The fraction of sp³-hybridized carbons (Fsp3) is 0.222. The number of esters is 1. The topological polar surface area (TPSA) is 92.8 Å². The van der Waals surface area contributed by atoms with Crippen molar-refractivity contribution in [1.29, 1.82) is 0 Å². The van der Waals surface area contributed by atoms with Crippen LogP contribution in [0.3, 0.4) is 0 Å². The minimum absolute atomic E-state index is 0.0734. The smallest absolute Gasteiger partial charge is 0.339 e. The Balaban J connectivity index is 2.38. The number of nitrogens with zero attached hydrogens (tertiary/aromatic N) is 1. The lowest BCUT2D eigenvalue weighted by molar-refractivity contribution is -0.116. The van der Waals surface area contributed by atoms with Crippen molar-refractivity contribution in [1.82, 2.24) is 0 Å². The molecule has 0 heterocycles. The van der Waals surface area contributed by atoms with Crippen molar-refractivity contribution in [2.75, 3.05) is 23.0 Å². The summed E-state index contributed by atoms with van der Waals surface area (Å²) >= 11 is 0. The first-order valence-corrected chi connectivity index (χ1v) is 9.83. The molecule has 0 bridgehead atoms. The zero-order chi connectivity index (χ0) is 21.1. The standard InChI is InChI=1S/C18H18F2N2O5S/c1-11(17(23)21-16-7-5-4-6-13(16)18(24)27-2)22(28(3,25)26)12-8-9-14(19)15(20)10-12/h4-11H,1-3H3,(H,21,23)/t11-/m0/s1. The number of methoxy groups -OCH3 is 1. The second-order valence-electron chi connectivity index (χ2n) is 5.86. The summed E-state index contributed by atoms with van der Waals surface area (Å²) in [5.41, 5.74) is -0.0282. The van der Waals surface area contributed by atoms with Crippen LogP contribution in [0.25, 0.3) is 0 Å². The second-order valence-corrected chi connectivity index (χ2v) is 7.72. The third-order valence-corrected chi connectivity index (χ3v) is 5.08. The average Bonchev–Trinajstić information content (AvgIpc) is 2.63. The normalized spacial score (nSPS) is 12.2. The van der Waals surface area contributed by atoms with Gasteiger partial charge >= 0.3 is 5.97 Å². The van der Waals surface area contributed by atoms with E-state index in [4.69, 9.17) is 0 Å². The lowest BCUT2D eigenvalue weighted by atomic mass is 10.1. The molecule has 1 amide bonds. The van der Waals surface area contributed by atoms with E-state index in [1.54, 1.807) is 12.1 Å². The Kier molecular flexibility index (Phi) is 6.34. The van der Waals surface area contributed by atoms with Gasteiger partial charge in [0.05, 0.1) is 30.3 Å². The number of amides is 1. The van der Waals surface area contributed by atoms with Gasteiger partial charge in [-0.3, -0.25) is 9.10 Å². The Bertz CT molecular complexity index is 1010. The van der Waals surface area contributed by atoms with Crippen LogP contribution in [0.5, 0.6) is 0 Å². The summed E-state index contributed by atoms with van der Waals surface area (Å²) in [5.74, 6) is -3.88. The van der Waals surface area contributed by atoms with Gasteiger partial charge in [0.25, 0.3) is 0 Å². The van der Waals surface area contributed by atoms with Crippen LogP contribution >= 0.6 is 0 Å². The van der Waals surface area contributed by atoms with Crippen LogP contribution in [0.2, 0.25) is 0 Å². The van der Waals surface area contributed by atoms with E-state index < -0.39 is 39.6 Å². The lowest BCUT2D eigenvalue weighted by Crippen LogP contribution is -2.45. The summed E-state index contributed by atoms with van der Waals surface area (Å²) in [6, 6.07) is 7.17. The average molecular weight is 412 g/mol. The maximum Gasteiger partial charge on any atom is 0.339 e. The third kappa shape index (κ3) is 4.63. The molecule has 28 heavy (non-hydrogen) atoms. The van der Waals surface area contributed by atoms with Crippen molar-refractivity contribution in [2.45, 2.75) is 13.0 Å². The Morgan fingerprint density at radius 1 is 1.11 bits per heavy atom. The molecule has 1 N–H and O–H groups in total. The highest BCUT2D eigenvalue weighted by Crippen LogP contribution is 2.24. The first-order valence-electron chi connectivity index (χ1n) is 7.99. The quantitative estimate of drug-likeness (QED) is 0.736. The molecule has 150 valence electrons. The van der Waals surface area contributed by atoms with E-state index in [2.05, 4.69) is 10.1 Å². The fourth-order valence-corrected chi connectivity index (χ4v) is 3.71. The number of anilines is 2. The molecule has 2 rings (SSSR count). The predicted molar refractivity (Wildman–Crippen MR) is 99.6 cm³/mol. The summed E-state index contributed by atoms with van der Waals surface area (Å²) in [6.07, 6.45) is 0.834. The molecule has 0 fully saturated rings. The molecule has 0 spiro atoms. The molecular formula is C18H18F2N2O5S. The summed E-state index contributed by atoms with van der Waals surface area (Å²) in [4.78, 5) is 24.5. The molecule has 10 heteroatoms. The van der Waals surface area contributed by atoms with Crippen LogP contribution in [-0.4, -0.2) is 39.7 Å². The number of para-hydroxylation sites is 1. The molecule has 0 aliphatic heterocycles. The fourth-order valence-electron chi connectivity index (χ4n) is 2.55. The van der Waals surface area contributed by atoms with Gasteiger partial charge in [0.1, 0.15) is 6.04 Å². The first kappa shape index (κ1) is 21.3. The van der Waals surface area contributed by atoms with Crippen molar-refractivity contribution in [3.8, 4) is 0 Å². The van der Waals surface area contributed by atoms with Gasteiger partial charge < -0.3 is 10.1 Å². The molecule has 0 saturated heterocycles. The van der Waals surface area contributed by atoms with Crippen molar-refractivity contribution < 1.29 is 31.5 Å². The van der Waals surface area contributed by atoms with Crippen LogP contribution in [0.1, 0.15) is 17.3 Å². The maximum atomic E-state index is 13.6. The van der Waals surface area contributed by atoms with Gasteiger partial charge in [-0.25, -0.2) is 22.0 Å². The Morgan fingerprint density at radius 3 is 2.32 bits per heavy atom. The number of hydrogen-bond donors (Lipinski definition) is 1. The molecule has 0 saturated carbocycles. The molecule has 0 aromatic heterocycles. The van der Waals surface area contributed by atoms with Crippen molar-refractivity contribution in [2.24, 2.45) is 0 Å². The SMILES string of the molecule is COC(=O)c1ccccc1NC(=O)[C@H](C)N(c1ccc(F)c(F)c1)S(C)(=O)=O. The second kappa shape index (κ2) is 8.34. The van der Waals surface area contributed by atoms with Gasteiger partial charge in [-0.2, -0.15) is 0 Å². The Labute approximate surface area is 161 Å². The predicted octanol–water partition coefficient (Wildman–Crippen LogP) is 2.54. The molecule has 0 aliphatic rings. The lowest BCUT2D eigenvalue weighted by Gasteiger charge is -2.28. The van der Waals surface area contributed by atoms with E-state index in [0.717, 1.165) is 18.4 Å².